The van der Waals surface area contributed by atoms with Crippen LogP contribution in [0.15, 0.2) is 30.3 Å². The van der Waals surface area contributed by atoms with E-state index in [0.717, 1.165) is 41.6 Å². The van der Waals surface area contributed by atoms with Crippen molar-refractivity contribution in [1.82, 2.24) is 4.98 Å². The first-order valence-electron chi connectivity index (χ1n) is 9.45. The molecule has 0 unspecified atom stereocenters. The number of nitrogen functional groups attached to an aromatic ring is 1. The number of rotatable bonds is 3. The minimum atomic E-state index is -0.596. The van der Waals surface area contributed by atoms with Crippen LogP contribution >= 0.6 is 11.3 Å². The van der Waals surface area contributed by atoms with Gasteiger partial charge >= 0.3 is 0 Å². The topological polar surface area (TPSA) is 111 Å². The summed E-state index contributed by atoms with van der Waals surface area (Å²) in [4.78, 5) is 30.4. The molecule has 0 atom stereocenters. The largest absolute Gasteiger partial charge is 0.397 e. The zero-order chi connectivity index (χ0) is 19.7. The summed E-state index contributed by atoms with van der Waals surface area (Å²) >= 11 is 1.29. The fourth-order valence-corrected chi connectivity index (χ4v) is 4.66. The molecule has 4 rings (SSSR count). The molecule has 5 N–H and O–H groups in total. The van der Waals surface area contributed by atoms with Crippen LogP contribution in [0.1, 0.15) is 57.0 Å². The molecule has 2 amide bonds. The monoisotopic (exact) mass is 394 g/mol. The Labute approximate surface area is 166 Å². The number of aromatic nitrogens is 1. The molecule has 0 bridgehead atoms. The van der Waals surface area contributed by atoms with Crippen molar-refractivity contribution in [1.29, 1.82) is 0 Å². The van der Waals surface area contributed by atoms with Gasteiger partial charge < -0.3 is 16.8 Å². The normalized spacial score (nSPS) is 14.1. The second-order valence-corrected chi connectivity index (χ2v) is 8.07. The van der Waals surface area contributed by atoms with Gasteiger partial charge in [0.1, 0.15) is 9.71 Å². The van der Waals surface area contributed by atoms with Crippen molar-refractivity contribution in [3.63, 3.8) is 0 Å². The number of nitrogens with two attached hydrogens (primary N) is 2. The highest BCUT2D eigenvalue weighted by atomic mass is 32.1. The number of fused-ring (bicyclic) bond motifs is 2. The predicted octanol–water partition coefficient (Wildman–Crippen LogP) is 3.89. The maximum atomic E-state index is 12.9. The number of anilines is 2. The van der Waals surface area contributed by atoms with E-state index in [1.807, 2.05) is 0 Å². The SMILES string of the molecule is NC(=O)c1ccccc1NC(=O)c1sc2nc3c(cc2c1N)CCCCCC3. The smallest absolute Gasteiger partial charge is 0.267 e. The summed E-state index contributed by atoms with van der Waals surface area (Å²) in [6.07, 6.45) is 6.74. The summed E-state index contributed by atoms with van der Waals surface area (Å²) in [6, 6.07) is 8.75. The van der Waals surface area contributed by atoms with Crippen LogP contribution in [-0.2, 0) is 12.8 Å². The van der Waals surface area contributed by atoms with Crippen molar-refractivity contribution in [2.24, 2.45) is 5.73 Å². The Balaban J connectivity index is 1.70. The van der Waals surface area contributed by atoms with Gasteiger partial charge in [0, 0.05) is 11.1 Å². The zero-order valence-corrected chi connectivity index (χ0v) is 16.3. The second kappa shape index (κ2) is 7.59. The Morgan fingerprint density at radius 3 is 2.61 bits per heavy atom. The number of hydrogen-bond donors (Lipinski definition) is 3. The third-order valence-electron chi connectivity index (χ3n) is 5.15. The van der Waals surface area contributed by atoms with Gasteiger partial charge in [0.05, 0.1) is 16.9 Å². The number of carbonyl (C=O) groups is 2. The van der Waals surface area contributed by atoms with Crippen molar-refractivity contribution >= 4 is 44.7 Å². The Bertz CT molecular complexity index is 1070. The highest BCUT2D eigenvalue weighted by Gasteiger charge is 2.21. The highest BCUT2D eigenvalue weighted by Crippen LogP contribution is 2.35. The average molecular weight is 395 g/mol. The van der Waals surface area contributed by atoms with Gasteiger partial charge in [-0.25, -0.2) is 4.98 Å². The Morgan fingerprint density at radius 2 is 1.82 bits per heavy atom. The van der Waals surface area contributed by atoms with Gasteiger partial charge in [0.15, 0.2) is 0 Å². The molecule has 0 aliphatic heterocycles. The molecule has 6 nitrogen and oxygen atoms in total. The fourth-order valence-electron chi connectivity index (χ4n) is 3.67. The van der Waals surface area contributed by atoms with Crippen LogP contribution in [0.3, 0.4) is 0 Å². The molecule has 2 aromatic heterocycles. The van der Waals surface area contributed by atoms with Crippen molar-refractivity contribution < 1.29 is 9.59 Å². The lowest BCUT2D eigenvalue weighted by Gasteiger charge is -2.12. The number of hydrogen-bond acceptors (Lipinski definition) is 5. The molecule has 0 fully saturated rings. The van der Waals surface area contributed by atoms with Crippen molar-refractivity contribution in [2.45, 2.75) is 38.5 Å². The summed E-state index contributed by atoms with van der Waals surface area (Å²) in [5.41, 5.74) is 15.1. The van der Waals surface area contributed by atoms with E-state index in [1.54, 1.807) is 24.3 Å². The lowest BCUT2D eigenvalue weighted by Crippen LogP contribution is -2.18. The molecule has 1 aliphatic rings. The van der Waals surface area contributed by atoms with E-state index in [-0.39, 0.29) is 11.5 Å². The number of amides is 2. The van der Waals surface area contributed by atoms with Gasteiger partial charge in [0.25, 0.3) is 11.8 Å². The molecule has 3 aromatic rings. The number of pyridine rings is 1. The van der Waals surface area contributed by atoms with Crippen LogP contribution in [0.4, 0.5) is 11.4 Å². The van der Waals surface area contributed by atoms with E-state index >= 15 is 0 Å². The summed E-state index contributed by atoms with van der Waals surface area (Å²) in [5, 5.41) is 3.59. The molecule has 7 heteroatoms. The highest BCUT2D eigenvalue weighted by molar-refractivity contribution is 7.21. The first-order valence-corrected chi connectivity index (χ1v) is 10.3. The van der Waals surface area contributed by atoms with Crippen LogP contribution in [-0.4, -0.2) is 16.8 Å². The minimum absolute atomic E-state index is 0.261. The number of benzene rings is 1. The van der Waals surface area contributed by atoms with E-state index in [4.69, 9.17) is 16.5 Å². The van der Waals surface area contributed by atoms with Gasteiger partial charge in [-0.2, -0.15) is 0 Å². The van der Waals surface area contributed by atoms with Crippen LogP contribution < -0.4 is 16.8 Å². The van der Waals surface area contributed by atoms with E-state index in [2.05, 4.69) is 11.4 Å². The van der Waals surface area contributed by atoms with Crippen molar-refractivity contribution in [3.05, 3.63) is 52.0 Å². The number of thiophene rings is 1. The molecule has 1 aromatic carbocycles. The van der Waals surface area contributed by atoms with E-state index in [9.17, 15) is 9.59 Å². The third-order valence-corrected chi connectivity index (χ3v) is 6.26. The van der Waals surface area contributed by atoms with E-state index < -0.39 is 5.91 Å². The number of primary amides is 1. The van der Waals surface area contributed by atoms with Crippen LogP contribution in [0.2, 0.25) is 0 Å². The van der Waals surface area contributed by atoms with Crippen LogP contribution in [0.25, 0.3) is 10.2 Å². The van der Waals surface area contributed by atoms with E-state index in [1.165, 1.54) is 29.7 Å². The van der Waals surface area contributed by atoms with Crippen molar-refractivity contribution in [3.8, 4) is 0 Å². The van der Waals surface area contributed by atoms with Crippen molar-refractivity contribution in [2.75, 3.05) is 11.1 Å². The second-order valence-electron chi connectivity index (χ2n) is 7.07. The minimum Gasteiger partial charge on any atom is -0.397 e. The number of nitrogens with zero attached hydrogens (tertiary/aromatic N) is 1. The lowest BCUT2D eigenvalue weighted by atomic mass is 9.96. The molecule has 144 valence electrons. The fraction of sp³-hybridized carbons (Fsp3) is 0.286. The number of para-hydroxylation sites is 1. The summed E-state index contributed by atoms with van der Waals surface area (Å²) < 4.78 is 0. The Hall–Kier alpha value is -2.93. The molecule has 28 heavy (non-hydrogen) atoms. The lowest BCUT2D eigenvalue weighted by molar-refractivity contribution is 0.100. The number of carbonyl (C=O) groups excluding carboxylic acids is 2. The molecule has 0 spiro atoms. The van der Waals surface area contributed by atoms with Crippen LogP contribution in [0.5, 0.6) is 0 Å². The van der Waals surface area contributed by atoms with Gasteiger partial charge in [-0.3, -0.25) is 9.59 Å². The standard InChI is InChI=1S/C21H22N4O2S/c22-17-14-11-12-7-3-1-2-4-9-15(12)25-21(14)28-18(17)20(27)24-16-10-6-5-8-13(16)19(23)26/h5-6,8,10-11H,1-4,7,9,22H2,(H2,23,26)(H,24,27). The van der Waals surface area contributed by atoms with Gasteiger partial charge in [-0.05, 0) is 49.4 Å². The first kappa shape index (κ1) is 18.4. The molecule has 1 aliphatic carbocycles. The van der Waals surface area contributed by atoms with Gasteiger partial charge in [-0.15, -0.1) is 11.3 Å². The summed E-state index contributed by atoms with van der Waals surface area (Å²) in [7, 11) is 0. The summed E-state index contributed by atoms with van der Waals surface area (Å²) in [5.74, 6) is -0.955. The average Bonchev–Trinajstić information content (AvgIpc) is 2.98. The third kappa shape index (κ3) is 3.45. The molecule has 0 saturated carbocycles. The van der Waals surface area contributed by atoms with Crippen LogP contribution in [0, 0.1) is 0 Å². The maximum Gasteiger partial charge on any atom is 0.267 e. The van der Waals surface area contributed by atoms with Gasteiger partial charge in [-0.1, -0.05) is 25.0 Å². The molecule has 0 radical (unpaired) electrons. The molecular formula is C21H22N4O2S. The Kier molecular flexibility index (Phi) is 5.00. The molecule has 2 heterocycles. The molecule has 0 saturated heterocycles. The van der Waals surface area contributed by atoms with Gasteiger partial charge in [0.2, 0.25) is 0 Å². The number of nitrogens with one attached hydrogen (secondary N) is 1. The molecular weight excluding hydrogens is 372 g/mol. The Morgan fingerprint density at radius 1 is 1.07 bits per heavy atom. The quantitative estimate of drug-likeness (QED) is 0.626. The number of aryl methyl sites for hydroxylation is 2. The first-order chi connectivity index (χ1) is 13.5. The summed E-state index contributed by atoms with van der Waals surface area (Å²) in [6.45, 7) is 0. The predicted molar refractivity (Wildman–Crippen MR) is 113 cm³/mol. The van der Waals surface area contributed by atoms with E-state index in [0.29, 0.717) is 16.3 Å². The zero-order valence-electron chi connectivity index (χ0n) is 15.5. The maximum absolute atomic E-state index is 12.9.